The molecule has 0 amide bonds. The average molecular weight is 488 g/mol. The van der Waals surface area contributed by atoms with Gasteiger partial charge in [0.2, 0.25) is 11.9 Å². The van der Waals surface area contributed by atoms with Crippen LogP contribution in [0, 0.1) is 12.7 Å². The molecule has 0 fully saturated rings. The van der Waals surface area contributed by atoms with E-state index in [2.05, 4.69) is 30.2 Å². The Labute approximate surface area is 197 Å². The molecule has 31 heavy (non-hydrogen) atoms. The number of halogens is 4. The number of nitrogens with one attached hydrogen (secondary N) is 1. The standard InChI is InChI=1S/C19H19FN8.3ClH/c1-11-22-9-14-6-4-12(10-28(11)14)16-24-17(21)26-18(25-16)27-19(2,3)15-7-5-13(20)8-23-15;;;/h4-10H,1-3H3,(H3,21,24,25,26,27);3*1H. The smallest absolute Gasteiger partial charge is 0.228 e. The SMILES string of the molecule is Cc1ncc2ccc(-c3nc(N)nc(NC(C)(C)c4ccc(F)cn4)n3)cn12.Cl.Cl.Cl. The van der Waals surface area contributed by atoms with Gasteiger partial charge in [-0.2, -0.15) is 15.0 Å². The Bertz CT molecular complexity index is 1160. The van der Waals surface area contributed by atoms with Gasteiger partial charge in [-0.15, -0.1) is 37.2 Å². The van der Waals surface area contributed by atoms with E-state index < -0.39 is 11.4 Å². The fraction of sp³-hybridized carbons (Fsp3) is 0.211. The molecule has 0 saturated heterocycles. The number of rotatable bonds is 4. The maximum absolute atomic E-state index is 13.2. The lowest BCUT2D eigenvalue weighted by molar-refractivity contribution is 0.567. The second-order valence-electron chi connectivity index (χ2n) is 6.97. The summed E-state index contributed by atoms with van der Waals surface area (Å²) in [6.45, 7) is 5.71. The van der Waals surface area contributed by atoms with E-state index >= 15 is 0 Å². The maximum Gasteiger partial charge on any atom is 0.228 e. The first-order chi connectivity index (χ1) is 13.3. The molecule has 0 aliphatic rings. The highest BCUT2D eigenvalue weighted by atomic mass is 35.5. The van der Waals surface area contributed by atoms with Crippen molar-refractivity contribution in [3.8, 4) is 11.4 Å². The van der Waals surface area contributed by atoms with Crippen LogP contribution in [0.2, 0.25) is 0 Å². The third-order valence-electron chi connectivity index (χ3n) is 4.42. The number of aryl methyl sites for hydroxylation is 1. The van der Waals surface area contributed by atoms with Crippen molar-refractivity contribution in [2.45, 2.75) is 26.3 Å². The van der Waals surface area contributed by atoms with Crippen LogP contribution in [-0.2, 0) is 5.54 Å². The molecule has 0 saturated carbocycles. The summed E-state index contributed by atoms with van der Waals surface area (Å²) in [6.07, 6.45) is 4.88. The zero-order valence-electron chi connectivity index (χ0n) is 16.9. The van der Waals surface area contributed by atoms with E-state index in [1.807, 2.05) is 43.5 Å². The third kappa shape index (κ3) is 5.49. The highest BCUT2D eigenvalue weighted by Gasteiger charge is 2.24. The Kier molecular flexibility index (Phi) is 8.51. The van der Waals surface area contributed by atoms with Gasteiger partial charge < -0.3 is 15.5 Å². The molecule has 0 radical (unpaired) electrons. The highest BCUT2D eigenvalue weighted by molar-refractivity contribution is 5.86. The summed E-state index contributed by atoms with van der Waals surface area (Å²) in [4.78, 5) is 21.4. The molecular formula is C19H22Cl3FN8. The topological polar surface area (TPSA) is 107 Å². The van der Waals surface area contributed by atoms with Gasteiger partial charge in [0, 0.05) is 11.8 Å². The molecule has 166 valence electrons. The lowest BCUT2D eigenvalue weighted by Gasteiger charge is -2.25. The summed E-state index contributed by atoms with van der Waals surface area (Å²) >= 11 is 0. The summed E-state index contributed by atoms with van der Waals surface area (Å²) in [5, 5.41) is 3.20. The largest absolute Gasteiger partial charge is 0.368 e. The molecule has 8 nitrogen and oxygen atoms in total. The maximum atomic E-state index is 13.2. The number of nitrogens with zero attached hydrogens (tertiary/aromatic N) is 6. The van der Waals surface area contributed by atoms with Crippen LogP contribution in [0.5, 0.6) is 0 Å². The molecule has 4 rings (SSSR count). The highest BCUT2D eigenvalue weighted by Crippen LogP contribution is 2.24. The lowest BCUT2D eigenvalue weighted by Crippen LogP contribution is -2.30. The summed E-state index contributed by atoms with van der Waals surface area (Å²) < 4.78 is 15.1. The summed E-state index contributed by atoms with van der Waals surface area (Å²) in [7, 11) is 0. The number of aromatic nitrogens is 6. The number of nitrogens with two attached hydrogens (primary N) is 1. The fourth-order valence-corrected chi connectivity index (χ4v) is 2.92. The van der Waals surface area contributed by atoms with Gasteiger partial charge in [0.1, 0.15) is 11.6 Å². The Morgan fingerprint density at radius 1 is 0.968 bits per heavy atom. The van der Waals surface area contributed by atoms with Gasteiger partial charge in [0.25, 0.3) is 0 Å². The molecule has 3 N–H and O–H groups in total. The predicted octanol–water partition coefficient (Wildman–Crippen LogP) is 4.22. The van der Waals surface area contributed by atoms with Gasteiger partial charge in [-0.05, 0) is 45.0 Å². The monoisotopic (exact) mass is 486 g/mol. The number of pyridine rings is 2. The number of anilines is 2. The number of nitrogen functional groups attached to an aromatic ring is 1. The first kappa shape index (κ1) is 26.3. The van der Waals surface area contributed by atoms with E-state index in [-0.39, 0.29) is 43.2 Å². The van der Waals surface area contributed by atoms with Crippen LogP contribution in [0.4, 0.5) is 16.3 Å². The Balaban J connectivity index is 0.00000160. The van der Waals surface area contributed by atoms with Crippen LogP contribution in [-0.4, -0.2) is 29.3 Å². The van der Waals surface area contributed by atoms with Gasteiger partial charge in [-0.25, -0.2) is 9.37 Å². The lowest BCUT2D eigenvalue weighted by atomic mass is 10.0. The van der Waals surface area contributed by atoms with Crippen LogP contribution in [0.25, 0.3) is 16.9 Å². The van der Waals surface area contributed by atoms with E-state index in [0.29, 0.717) is 17.5 Å². The Hall–Kier alpha value is -2.75. The quantitative estimate of drug-likeness (QED) is 0.444. The molecule has 4 aromatic heterocycles. The van der Waals surface area contributed by atoms with Crippen molar-refractivity contribution in [3.05, 3.63) is 60.2 Å². The van der Waals surface area contributed by atoms with Crippen LogP contribution in [0.15, 0.2) is 42.9 Å². The molecule has 0 atom stereocenters. The molecule has 0 aromatic carbocycles. The van der Waals surface area contributed by atoms with Crippen molar-refractivity contribution >= 4 is 54.6 Å². The van der Waals surface area contributed by atoms with Crippen molar-refractivity contribution in [1.82, 2.24) is 29.3 Å². The number of hydrogen-bond donors (Lipinski definition) is 2. The minimum absolute atomic E-state index is 0. The first-order valence-corrected chi connectivity index (χ1v) is 8.68. The van der Waals surface area contributed by atoms with Crippen molar-refractivity contribution in [3.63, 3.8) is 0 Å². The van der Waals surface area contributed by atoms with Crippen LogP contribution >= 0.6 is 37.2 Å². The van der Waals surface area contributed by atoms with Crippen LogP contribution in [0.3, 0.4) is 0 Å². The van der Waals surface area contributed by atoms with Gasteiger partial charge in [0.15, 0.2) is 5.82 Å². The molecule has 0 aliphatic heterocycles. The van der Waals surface area contributed by atoms with E-state index in [4.69, 9.17) is 5.73 Å². The molecule has 12 heteroatoms. The van der Waals surface area contributed by atoms with Gasteiger partial charge in [-0.1, -0.05) is 0 Å². The van der Waals surface area contributed by atoms with Crippen molar-refractivity contribution in [2.24, 2.45) is 0 Å². The van der Waals surface area contributed by atoms with Gasteiger partial charge in [0.05, 0.1) is 29.1 Å². The minimum atomic E-state index is -0.649. The second-order valence-corrected chi connectivity index (χ2v) is 6.97. The van der Waals surface area contributed by atoms with Crippen LogP contribution in [0.1, 0.15) is 25.4 Å². The molecule has 4 aromatic rings. The Morgan fingerprint density at radius 3 is 2.39 bits per heavy atom. The zero-order valence-corrected chi connectivity index (χ0v) is 19.4. The molecule has 0 unspecified atom stereocenters. The van der Waals surface area contributed by atoms with Gasteiger partial charge >= 0.3 is 0 Å². The normalized spacial score (nSPS) is 10.6. The van der Waals surface area contributed by atoms with Crippen LogP contribution < -0.4 is 11.1 Å². The van der Waals surface area contributed by atoms with E-state index in [1.165, 1.54) is 12.3 Å². The van der Waals surface area contributed by atoms with Crippen molar-refractivity contribution in [1.29, 1.82) is 0 Å². The van der Waals surface area contributed by atoms with Crippen molar-refractivity contribution < 1.29 is 4.39 Å². The number of hydrogen-bond acceptors (Lipinski definition) is 7. The summed E-state index contributed by atoms with van der Waals surface area (Å²) in [6, 6.07) is 6.82. The summed E-state index contributed by atoms with van der Waals surface area (Å²) in [5.74, 6) is 1.31. The third-order valence-corrected chi connectivity index (χ3v) is 4.42. The second kappa shape index (κ2) is 10.0. The zero-order chi connectivity index (χ0) is 19.9. The Morgan fingerprint density at radius 2 is 1.71 bits per heavy atom. The van der Waals surface area contributed by atoms with Crippen molar-refractivity contribution in [2.75, 3.05) is 11.1 Å². The molecule has 0 aliphatic carbocycles. The minimum Gasteiger partial charge on any atom is -0.368 e. The van der Waals surface area contributed by atoms with E-state index in [0.717, 1.165) is 16.9 Å². The predicted molar refractivity (Wildman–Crippen MR) is 126 cm³/mol. The summed E-state index contributed by atoms with van der Waals surface area (Å²) in [5.41, 5.74) is 7.66. The number of imidazole rings is 1. The first-order valence-electron chi connectivity index (χ1n) is 8.68. The average Bonchev–Trinajstić information content (AvgIpc) is 3.02. The molecule has 0 bridgehead atoms. The van der Waals surface area contributed by atoms with E-state index in [9.17, 15) is 4.39 Å². The fourth-order valence-electron chi connectivity index (χ4n) is 2.92. The number of fused-ring (bicyclic) bond motifs is 1. The molecule has 0 spiro atoms. The van der Waals surface area contributed by atoms with Gasteiger partial charge in [-0.3, -0.25) is 4.98 Å². The molecule has 4 heterocycles. The van der Waals surface area contributed by atoms with E-state index in [1.54, 1.807) is 12.3 Å². The molecular weight excluding hydrogens is 466 g/mol.